The number of nitrogens with zero attached hydrogens (tertiary/aromatic N) is 3. The smallest absolute Gasteiger partial charge is 0.253 e. The van der Waals surface area contributed by atoms with Crippen LogP contribution < -0.4 is 15.5 Å². The summed E-state index contributed by atoms with van der Waals surface area (Å²) in [6.45, 7) is 0.196. The Bertz CT molecular complexity index is 716. The Balaban J connectivity index is 1.92. The molecule has 0 saturated heterocycles. The van der Waals surface area contributed by atoms with E-state index in [1.807, 2.05) is 0 Å². The summed E-state index contributed by atoms with van der Waals surface area (Å²) >= 11 is 1.13. The lowest BCUT2D eigenvalue weighted by Crippen LogP contribution is -2.24. The predicted octanol–water partition coefficient (Wildman–Crippen LogP) is 0.351. The summed E-state index contributed by atoms with van der Waals surface area (Å²) < 4.78 is 6.72. The highest BCUT2D eigenvalue weighted by atomic mass is 32.2. The van der Waals surface area contributed by atoms with E-state index >= 15 is 0 Å². The molecule has 2 rings (SSSR count). The highest BCUT2D eigenvalue weighted by Gasteiger charge is 2.12. The molecule has 0 unspecified atom stereocenters. The quantitative estimate of drug-likeness (QED) is 0.374. The van der Waals surface area contributed by atoms with E-state index in [-0.39, 0.29) is 18.2 Å². The summed E-state index contributed by atoms with van der Waals surface area (Å²) in [5.41, 5.74) is 2.05. The van der Waals surface area contributed by atoms with Crippen LogP contribution in [0.25, 0.3) is 0 Å². The molecule has 0 atom stereocenters. The van der Waals surface area contributed by atoms with Gasteiger partial charge in [0, 0.05) is 12.6 Å². The fraction of sp³-hybridized carbons (Fsp3) is 0.286. The zero-order valence-electron chi connectivity index (χ0n) is 13.1. The Morgan fingerprint density at radius 3 is 2.62 bits per heavy atom. The first-order chi connectivity index (χ1) is 11.5. The Hall–Kier alpha value is -2.59. The maximum atomic E-state index is 12.1. The lowest BCUT2D eigenvalue weighted by atomic mass is 10.2. The van der Waals surface area contributed by atoms with Crippen molar-refractivity contribution in [3.8, 4) is 5.75 Å². The monoisotopic (exact) mass is 351 g/mol. The van der Waals surface area contributed by atoms with Gasteiger partial charge < -0.3 is 14.6 Å². The van der Waals surface area contributed by atoms with Crippen molar-refractivity contribution in [2.45, 2.75) is 11.7 Å². The maximum absolute atomic E-state index is 12.1. The molecule has 1 aromatic heterocycles. The van der Waals surface area contributed by atoms with Crippen LogP contribution in [0.3, 0.4) is 0 Å². The number of aromatic nitrogens is 3. The third-order valence-electron chi connectivity index (χ3n) is 3.14. The van der Waals surface area contributed by atoms with Crippen molar-refractivity contribution in [2.75, 3.05) is 12.9 Å². The van der Waals surface area contributed by atoms with E-state index in [0.717, 1.165) is 11.8 Å². The van der Waals surface area contributed by atoms with E-state index in [1.54, 1.807) is 48.5 Å². The molecule has 1 aromatic carbocycles. The van der Waals surface area contributed by atoms with Crippen LogP contribution in [0.15, 0.2) is 29.4 Å². The number of benzene rings is 1. The first-order valence-corrected chi connectivity index (χ1v) is 7.90. The Morgan fingerprint density at radius 1 is 1.29 bits per heavy atom. The molecule has 0 saturated carbocycles. The van der Waals surface area contributed by atoms with Gasteiger partial charge in [0.15, 0.2) is 11.0 Å². The molecule has 10 heteroatoms. The average Bonchev–Trinajstić information content (AvgIpc) is 2.97. The fourth-order valence-electron chi connectivity index (χ4n) is 1.79. The molecular weight excluding hydrogens is 334 g/mol. The highest BCUT2D eigenvalue weighted by molar-refractivity contribution is 7.99. The summed E-state index contributed by atoms with van der Waals surface area (Å²) in [4.78, 5) is 23.1. The lowest BCUT2D eigenvalue weighted by molar-refractivity contribution is -0.126. The topological polar surface area (TPSA) is 118 Å². The highest BCUT2D eigenvalue weighted by Crippen LogP contribution is 2.15. The molecule has 0 fully saturated rings. The molecule has 0 radical (unpaired) electrons. The van der Waals surface area contributed by atoms with E-state index in [0.29, 0.717) is 22.3 Å². The average molecular weight is 351 g/mol. The van der Waals surface area contributed by atoms with Crippen LogP contribution in [0.5, 0.6) is 5.75 Å². The lowest BCUT2D eigenvalue weighted by Gasteiger charge is -2.06. The Morgan fingerprint density at radius 2 is 2.00 bits per heavy atom. The molecule has 3 N–H and O–H groups in total. The number of hydroxylamine groups is 1. The molecule has 9 nitrogen and oxygen atoms in total. The number of rotatable bonds is 7. The van der Waals surface area contributed by atoms with Gasteiger partial charge >= 0.3 is 0 Å². The van der Waals surface area contributed by atoms with Gasteiger partial charge in [0.25, 0.3) is 11.8 Å². The summed E-state index contributed by atoms with van der Waals surface area (Å²) in [5, 5.41) is 19.6. The van der Waals surface area contributed by atoms with Crippen LogP contribution in [-0.4, -0.2) is 44.6 Å². The third-order valence-corrected chi connectivity index (χ3v) is 4.16. The van der Waals surface area contributed by atoms with Crippen LogP contribution in [0.4, 0.5) is 0 Å². The number of hydrogen-bond acceptors (Lipinski definition) is 7. The fourth-order valence-corrected chi connectivity index (χ4v) is 2.51. The van der Waals surface area contributed by atoms with Gasteiger partial charge in [-0.2, -0.15) is 0 Å². The van der Waals surface area contributed by atoms with Crippen molar-refractivity contribution in [1.82, 2.24) is 25.6 Å². The minimum Gasteiger partial charge on any atom is -0.497 e. The van der Waals surface area contributed by atoms with Crippen molar-refractivity contribution >= 4 is 23.6 Å². The minimum atomic E-state index is -0.530. The molecule has 0 aliphatic carbocycles. The molecule has 0 aliphatic rings. The van der Waals surface area contributed by atoms with Crippen molar-refractivity contribution < 1.29 is 19.5 Å². The first-order valence-electron chi connectivity index (χ1n) is 6.91. The molecule has 0 bridgehead atoms. The molecule has 1 heterocycles. The zero-order valence-corrected chi connectivity index (χ0v) is 14.0. The van der Waals surface area contributed by atoms with Gasteiger partial charge in [-0.25, -0.2) is 5.48 Å². The first kappa shape index (κ1) is 17.8. The normalized spacial score (nSPS) is 10.3. The number of amides is 2. The van der Waals surface area contributed by atoms with Crippen molar-refractivity contribution in [3.05, 3.63) is 35.7 Å². The number of hydrogen-bond donors (Lipinski definition) is 3. The van der Waals surface area contributed by atoms with E-state index in [2.05, 4.69) is 15.5 Å². The summed E-state index contributed by atoms with van der Waals surface area (Å²) in [6.07, 6.45) is 0. The van der Waals surface area contributed by atoms with Gasteiger partial charge in [0.05, 0.1) is 19.4 Å². The molecule has 0 aliphatic heterocycles. The van der Waals surface area contributed by atoms with E-state index in [9.17, 15) is 9.59 Å². The van der Waals surface area contributed by atoms with Crippen molar-refractivity contribution in [1.29, 1.82) is 0 Å². The Labute approximate surface area is 142 Å². The van der Waals surface area contributed by atoms with E-state index < -0.39 is 5.91 Å². The molecule has 128 valence electrons. The summed E-state index contributed by atoms with van der Waals surface area (Å²) in [7, 11) is 3.29. The maximum Gasteiger partial charge on any atom is 0.253 e. The molecular formula is C14H17N5O4S. The van der Waals surface area contributed by atoms with Crippen LogP contribution in [0.2, 0.25) is 0 Å². The van der Waals surface area contributed by atoms with Gasteiger partial charge in [-0.3, -0.25) is 14.8 Å². The Kier molecular flexibility index (Phi) is 6.15. The van der Waals surface area contributed by atoms with E-state index in [4.69, 9.17) is 9.94 Å². The SMILES string of the molecule is COc1ccc(C(=O)NCc2nnc(SCC(=O)NO)n2C)cc1. The van der Waals surface area contributed by atoms with Crippen LogP contribution in [0.1, 0.15) is 16.2 Å². The van der Waals surface area contributed by atoms with Crippen molar-refractivity contribution in [2.24, 2.45) is 7.05 Å². The van der Waals surface area contributed by atoms with Gasteiger partial charge in [0.2, 0.25) is 0 Å². The van der Waals surface area contributed by atoms with Gasteiger partial charge in [0.1, 0.15) is 5.75 Å². The van der Waals surface area contributed by atoms with Gasteiger partial charge in [-0.1, -0.05) is 11.8 Å². The number of methoxy groups -OCH3 is 1. The molecule has 2 amide bonds. The van der Waals surface area contributed by atoms with Gasteiger partial charge in [-0.15, -0.1) is 10.2 Å². The van der Waals surface area contributed by atoms with Gasteiger partial charge in [-0.05, 0) is 24.3 Å². The standard InChI is InChI=1S/C14H17N5O4S/c1-19-11(16-17-14(19)24-8-12(20)18-22)7-15-13(21)9-3-5-10(23-2)6-4-9/h3-6,22H,7-8H2,1-2H3,(H,15,21)(H,18,20). The predicted molar refractivity (Wildman–Crippen MR) is 85.8 cm³/mol. The largest absolute Gasteiger partial charge is 0.497 e. The minimum absolute atomic E-state index is 0.0146. The number of thioether (sulfide) groups is 1. The van der Waals surface area contributed by atoms with Crippen LogP contribution in [-0.2, 0) is 18.4 Å². The molecule has 2 aromatic rings. The number of carbonyl (C=O) groups excluding carboxylic acids is 2. The number of nitrogens with one attached hydrogen (secondary N) is 2. The number of ether oxygens (including phenoxy) is 1. The van der Waals surface area contributed by atoms with E-state index in [1.165, 1.54) is 0 Å². The zero-order chi connectivity index (χ0) is 17.5. The third kappa shape index (κ3) is 4.46. The molecule has 0 spiro atoms. The second-order valence-corrected chi connectivity index (χ2v) is 5.64. The summed E-state index contributed by atoms with van der Waals surface area (Å²) in [6, 6.07) is 6.75. The second-order valence-electron chi connectivity index (χ2n) is 4.69. The van der Waals surface area contributed by atoms with Crippen LogP contribution in [0, 0.1) is 0 Å². The summed E-state index contributed by atoms with van der Waals surface area (Å²) in [5.74, 6) is 0.463. The van der Waals surface area contributed by atoms with Crippen molar-refractivity contribution in [3.63, 3.8) is 0 Å². The molecule has 24 heavy (non-hydrogen) atoms. The van der Waals surface area contributed by atoms with Crippen LogP contribution >= 0.6 is 11.8 Å². The second kappa shape index (κ2) is 8.31. The number of carbonyl (C=O) groups is 2.